The van der Waals surface area contributed by atoms with Crippen LogP contribution >= 0.6 is 17.0 Å². The van der Waals surface area contributed by atoms with Gasteiger partial charge in [-0.3, -0.25) is 0 Å². The largest absolute Gasteiger partial charge is 2.00 e. The van der Waals surface area contributed by atoms with Gasteiger partial charge in [0.05, 0.1) is 0 Å². The van der Waals surface area contributed by atoms with E-state index < -0.39 is 0 Å². The van der Waals surface area contributed by atoms with E-state index in [1.165, 1.54) is 0 Å². The van der Waals surface area contributed by atoms with Gasteiger partial charge in [0.15, 0.2) is 0 Å². The fraction of sp³-hybridized carbons (Fsp3) is 1.00. The van der Waals surface area contributed by atoms with E-state index >= 15 is 0 Å². The molecule has 0 saturated carbocycles. The molecule has 0 rings (SSSR count). The average molecular weight is 310 g/mol. The van der Waals surface area contributed by atoms with E-state index in [2.05, 4.69) is 66.0 Å². The fourth-order valence-electron chi connectivity index (χ4n) is 1.33. The molecule has 0 bridgehead atoms. The van der Waals surface area contributed by atoms with Crippen molar-refractivity contribution in [3.05, 3.63) is 0 Å². The third kappa shape index (κ3) is 36.2. The minimum Gasteiger partial charge on any atom is -1.00 e. The second-order valence-corrected chi connectivity index (χ2v) is 4.95. The van der Waals surface area contributed by atoms with Crippen molar-refractivity contribution in [3.8, 4) is 0 Å². The molecule has 0 aliphatic carbocycles. The molecule has 2 N–H and O–H groups in total. The molecular formula is C12H33BrMgN2. The maximum Gasteiger partial charge on any atom is 2.00 e. The summed E-state index contributed by atoms with van der Waals surface area (Å²) in [5.41, 5.74) is 0. The zero-order valence-corrected chi connectivity index (χ0v) is 15.6. The van der Waals surface area contributed by atoms with Crippen LogP contribution in [0.4, 0.5) is 0 Å². The van der Waals surface area contributed by atoms with Gasteiger partial charge in [-0.25, -0.2) is 0 Å². The van der Waals surface area contributed by atoms with Crippen LogP contribution in [0.15, 0.2) is 0 Å². The Morgan fingerprint density at radius 2 is 0.688 bits per heavy atom. The van der Waals surface area contributed by atoms with E-state index in [0.717, 1.165) is 0 Å². The van der Waals surface area contributed by atoms with Crippen molar-refractivity contribution in [1.82, 2.24) is 10.6 Å². The first-order valence-corrected chi connectivity index (χ1v) is 5.77. The Morgan fingerprint density at radius 1 is 0.562 bits per heavy atom. The molecular weight excluding hydrogens is 276 g/mol. The smallest absolute Gasteiger partial charge is 1.00 e. The Bertz CT molecular complexity index is 101. The summed E-state index contributed by atoms with van der Waals surface area (Å²) in [6, 6.07) is 2.50. The van der Waals surface area contributed by atoms with Crippen molar-refractivity contribution in [3.63, 3.8) is 0 Å². The molecule has 0 aliphatic rings. The van der Waals surface area contributed by atoms with E-state index in [4.69, 9.17) is 0 Å². The molecule has 0 amide bonds. The molecule has 0 saturated heterocycles. The van der Waals surface area contributed by atoms with E-state index in [0.29, 0.717) is 24.2 Å². The van der Waals surface area contributed by atoms with Crippen molar-refractivity contribution in [2.75, 3.05) is 0 Å². The van der Waals surface area contributed by atoms with Crippen LogP contribution in [0.2, 0.25) is 0 Å². The molecule has 0 aromatic rings. The second kappa shape index (κ2) is 16.2. The average Bonchev–Trinajstić information content (AvgIpc) is 1.79. The first-order valence-electron chi connectivity index (χ1n) is 5.77. The fourth-order valence-corrected chi connectivity index (χ4v) is 1.33. The topological polar surface area (TPSA) is 24.1 Å². The Morgan fingerprint density at radius 3 is 0.688 bits per heavy atom. The van der Waals surface area contributed by atoms with Crippen LogP contribution in [0.25, 0.3) is 0 Å². The molecule has 0 fully saturated rings. The Balaban J connectivity index is -0.0000000327. The quantitative estimate of drug-likeness (QED) is 0.779. The normalized spacial score (nSPS) is 9.75. The second-order valence-electron chi connectivity index (χ2n) is 4.95. The van der Waals surface area contributed by atoms with Crippen LogP contribution in [0.3, 0.4) is 0 Å². The van der Waals surface area contributed by atoms with Crippen molar-refractivity contribution >= 4 is 40.0 Å². The maximum absolute atomic E-state index is 3.31. The molecule has 0 aromatic carbocycles. The third-order valence-corrected chi connectivity index (χ3v) is 1.33. The van der Waals surface area contributed by atoms with E-state index in [9.17, 15) is 0 Å². The van der Waals surface area contributed by atoms with Crippen molar-refractivity contribution in [2.45, 2.75) is 79.6 Å². The molecule has 16 heavy (non-hydrogen) atoms. The van der Waals surface area contributed by atoms with Gasteiger partial charge >= 0.3 is 23.1 Å². The molecule has 0 atom stereocenters. The van der Waals surface area contributed by atoms with Crippen molar-refractivity contribution in [2.24, 2.45) is 0 Å². The molecule has 0 spiro atoms. The summed E-state index contributed by atoms with van der Waals surface area (Å²) in [6.45, 7) is 17.2. The van der Waals surface area contributed by atoms with E-state index in [1.54, 1.807) is 0 Å². The number of rotatable bonds is 4. The van der Waals surface area contributed by atoms with Crippen LogP contribution in [0.1, 0.15) is 58.2 Å². The monoisotopic (exact) mass is 308 g/mol. The number of hydrogen-bond acceptors (Lipinski definition) is 2. The SMILES string of the molecule is Br.CC(C)NC(C)C.CC(C)NC(C)C.[H-].[H-].[Mg+2]. The van der Waals surface area contributed by atoms with E-state index in [-0.39, 0.29) is 42.9 Å². The zero-order valence-electron chi connectivity index (χ0n) is 14.4. The molecule has 0 heterocycles. The molecule has 100 valence electrons. The van der Waals surface area contributed by atoms with Crippen LogP contribution < -0.4 is 10.6 Å². The standard InChI is InChI=1S/2C6H15N.BrH.Mg.2H/c2*1-5(2)7-6(3)4;;;;/h2*5-7H,1-4H3;1H;;;/q;;;+2;2*-1. The predicted octanol–water partition coefficient (Wildman–Crippen LogP) is 3.21. The summed E-state index contributed by atoms with van der Waals surface area (Å²) in [5, 5.41) is 6.61. The van der Waals surface area contributed by atoms with Gasteiger partial charge in [-0.05, 0) is 0 Å². The first-order chi connectivity index (χ1) is 6.25. The molecule has 2 nitrogen and oxygen atoms in total. The summed E-state index contributed by atoms with van der Waals surface area (Å²) >= 11 is 0. The minimum absolute atomic E-state index is 0. The Hall–Kier alpha value is 1.17. The van der Waals surface area contributed by atoms with Crippen molar-refractivity contribution in [1.29, 1.82) is 0 Å². The van der Waals surface area contributed by atoms with Gasteiger partial charge in [0.2, 0.25) is 0 Å². The van der Waals surface area contributed by atoms with E-state index in [1.807, 2.05) is 0 Å². The summed E-state index contributed by atoms with van der Waals surface area (Å²) in [7, 11) is 0. The molecule has 0 aliphatic heterocycles. The molecule has 0 unspecified atom stereocenters. The van der Waals surface area contributed by atoms with Crippen molar-refractivity contribution < 1.29 is 2.85 Å². The van der Waals surface area contributed by atoms with Gasteiger partial charge in [-0.2, -0.15) is 0 Å². The van der Waals surface area contributed by atoms with Crippen LogP contribution in [-0.4, -0.2) is 47.2 Å². The van der Waals surface area contributed by atoms with Gasteiger partial charge in [-0.1, -0.05) is 55.4 Å². The number of nitrogens with one attached hydrogen (secondary N) is 2. The van der Waals surface area contributed by atoms with Gasteiger partial charge in [0.25, 0.3) is 0 Å². The molecule has 0 aromatic heterocycles. The van der Waals surface area contributed by atoms with Crippen LogP contribution in [0, 0.1) is 0 Å². The number of halogens is 1. The third-order valence-electron chi connectivity index (χ3n) is 1.33. The molecule has 0 radical (unpaired) electrons. The minimum atomic E-state index is 0. The summed E-state index contributed by atoms with van der Waals surface area (Å²) in [6.07, 6.45) is 0. The van der Waals surface area contributed by atoms with Gasteiger partial charge < -0.3 is 13.5 Å². The maximum atomic E-state index is 3.31. The number of hydrogen-bond donors (Lipinski definition) is 2. The van der Waals surface area contributed by atoms with Crippen LogP contribution in [-0.2, 0) is 0 Å². The molecule has 4 heteroatoms. The van der Waals surface area contributed by atoms with Gasteiger partial charge in [0, 0.05) is 24.2 Å². The summed E-state index contributed by atoms with van der Waals surface area (Å²) < 4.78 is 0. The first kappa shape index (κ1) is 25.9. The Kier molecular flexibility index (Phi) is 26.1. The van der Waals surface area contributed by atoms with Gasteiger partial charge in [-0.15, -0.1) is 17.0 Å². The van der Waals surface area contributed by atoms with Gasteiger partial charge in [0.1, 0.15) is 0 Å². The summed E-state index contributed by atoms with van der Waals surface area (Å²) in [4.78, 5) is 0. The van der Waals surface area contributed by atoms with Crippen LogP contribution in [0.5, 0.6) is 0 Å². The Labute approximate surface area is 133 Å². The zero-order chi connectivity index (χ0) is 11.7. The predicted molar refractivity (Wildman–Crippen MR) is 85.1 cm³/mol. The summed E-state index contributed by atoms with van der Waals surface area (Å²) in [5.74, 6) is 0.